The van der Waals surface area contributed by atoms with E-state index in [1.54, 1.807) is 0 Å². The van der Waals surface area contributed by atoms with E-state index in [0.29, 0.717) is 18.2 Å². The maximum atomic E-state index is 6.52. The average molecular weight is 419 g/mol. The Morgan fingerprint density at radius 2 is 1.60 bits per heavy atom. The predicted octanol–water partition coefficient (Wildman–Crippen LogP) is 5.35. The second-order valence-electron chi connectivity index (χ2n) is 7.53. The molecule has 0 amide bonds. The van der Waals surface area contributed by atoms with Gasteiger partial charge in [0.05, 0.1) is 11.8 Å². The van der Waals surface area contributed by atoms with Gasteiger partial charge in [-0.25, -0.2) is 5.01 Å². The van der Waals surface area contributed by atoms with E-state index in [4.69, 9.17) is 30.9 Å². The Balaban J connectivity index is 1.43. The van der Waals surface area contributed by atoms with Crippen molar-refractivity contribution in [1.82, 2.24) is 5.01 Å². The Labute approximate surface area is 179 Å². The number of halogens is 1. The first-order valence-electron chi connectivity index (χ1n) is 10.0. The van der Waals surface area contributed by atoms with Crippen molar-refractivity contribution in [2.75, 3.05) is 13.2 Å². The highest BCUT2D eigenvalue weighted by Gasteiger charge is 2.41. The van der Waals surface area contributed by atoms with Crippen molar-refractivity contribution < 1.29 is 14.2 Å². The van der Waals surface area contributed by atoms with Crippen LogP contribution in [0.25, 0.3) is 0 Å². The zero-order valence-corrected chi connectivity index (χ0v) is 16.9. The maximum absolute atomic E-state index is 6.52. The predicted molar refractivity (Wildman–Crippen MR) is 114 cm³/mol. The molecule has 0 aromatic heterocycles. The van der Waals surface area contributed by atoms with Crippen molar-refractivity contribution in [1.29, 1.82) is 0 Å². The fourth-order valence-electron chi connectivity index (χ4n) is 4.31. The molecule has 0 radical (unpaired) electrons. The number of nitrogens with zero attached hydrogens (tertiary/aromatic N) is 2. The third kappa shape index (κ3) is 2.81. The first kappa shape index (κ1) is 17.7. The highest BCUT2D eigenvalue weighted by molar-refractivity contribution is 6.31. The van der Waals surface area contributed by atoms with Crippen LogP contribution in [0, 0.1) is 0 Å². The molecule has 3 heterocycles. The first-order chi connectivity index (χ1) is 14.8. The molecule has 0 bridgehead atoms. The second kappa shape index (κ2) is 6.96. The summed E-state index contributed by atoms with van der Waals surface area (Å²) in [5.41, 5.74) is 4.07. The van der Waals surface area contributed by atoms with Crippen LogP contribution in [0.2, 0.25) is 5.02 Å². The molecule has 3 aromatic rings. The number of hydrazone groups is 1. The lowest BCUT2D eigenvalue weighted by molar-refractivity contribution is -0.0189. The van der Waals surface area contributed by atoms with Crippen LogP contribution in [0.15, 0.2) is 71.8 Å². The van der Waals surface area contributed by atoms with Crippen LogP contribution in [0.1, 0.15) is 35.4 Å². The Hall–Kier alpha value is -3.18. The van der Waals surface area contributed by atoms with Crippen molar-refractivity contribution in [2.24, 2.45) is 5.10 Å². The minimum Gasteiger partial charge on any atom is -0.486 e. The molecule has 5 nitrogen and oxygen atoms in total. The third-order valence-corrected chi connectivity index (χ3v) is 6.09. The van der Waals surface area contributed by atoms with E-state index in [9.17, 15) is 0 Å². The van der Waals surface area contributed by atoms with Crippen LogP contribution in [-0.4, -0.2) is 23.9 Å². The zero-order chi connectivity index (χ0) is 20.1. The van der Waals surface area contributed by atoms with Crippen LogP contribution < -0.4 is 14.2 Å². The molecule has 0 spiro atoms. The van der Waals surface area contributed by atoms with Crippen LogP contribution >= 0.6 is 11.6 Å². The van der Waals surface area contributed by atoms with Crippen LogP contribution in [0.4, 0.5) is 0 Å². The highest BCUT2D eigenvalue weighted by Crippen LogP contribution is 2.48. The van der Waals surface area contributed by atoms with Gasteiger partial charge in [-0.15, -0.1) is 0 Å². The lowest BCUT2D eigenvalue weighted by Crippen LogP contribution is -2.33. The van der Waals surface area contributed by atoms with E-state index in [1.807, 2.05) is 65.7 Å². The number of fused-ring (bicyclic) bond motifs is 4. The number of hydrogen-bond donors (Lipinski definition) is 0. The molecule has 0 unspecified atom stereocenters. The second-order valence-corrected chi connectivity index (χ2v) is 7.94. The minimum absolute atomic E-state index is 0.0828. The summed E-state index contributed by atoms with van der Waals surface area (Å²) < 4.78 is 17.8. The highest BCUT2D eigenvalue weighted by atomic mass is 35.5. The summed E-state index contributed by atoms with van der Waals surface area (Å²) in [5.74, 6) is 2.43. The first-order valence-corrected chi connectivity index (χ1v) is 10.4. The summed E-state index contributed by atoms with van der Waals surface area (Å²) in [7, 11) is 0. The SMILES string of the molecule is Clc1ccccc1[C@@H]1Oc2ccccc2[C@H]2CC(c3ccc4c(c3)OCCO4)=NN21. The molecular formula is C24H19ClN2O3. The van der Waals surface area contributed by atoms with Gasteiger partial charge in [0.15, 0.2) is 11.5 Å². The summed E-state index contributed by atoms with van der Waals surface area (Å²) in [6, 6.07) is 22.0. The van der Waals surface area contributed by atoms with Gasteiger partial charge >= 0.3 is 0 Å². The lowest BCUT2D eigenvalue weighted by Gasteiger charge is -2.38. The lowest BCUT2D eigenvalue weighted by atomic mass is 9.95. The number of benzene rings is 3. The normalized spacial score (nSPS) is 21.4. The summed E-state index contributed by atoms with van der Waals surface area (Å²) in [4.78, 5) is 0. The average Bonchev–Trinajstić information content (AvgIpc) is 3.24. The Morgan fingerprint density at radius 1 is 0.833 bits per heavy atom. The molecule has 3 aliphatic rings. The fourth-order valence-corrected chi connectivity index (χ4v) is 4.54. The van der Waals surface area contributed by atoms with Crippen molar-refractivity contribution >= 4 is 17.3 Å². The number of rotatable bonds is 2. The van der Waals surface area contributed by atoms with Gasteiger partial charge in [-0.05, 0) is 30.3 Å². The van der Waals surface area contributed by atoms with Gasteiger partial charge in [0.25, 0.3) is 0 Å². The quantitative estimate of drug-likeness (QED) is 0.562. The zero-order valence-electron chi connectivity index (χ0n) is 16.1. The van der Waals surface area contributed by atoms with Crippen molar-refractivity contribution in [3.05, 3.63) is 88.4 Å². The maximum Gasteiger partial charge on any atom is 0.215 e. The van der Waals surface area contributed by atoms with Gasteiger partial charge in [0.1, 0.15) is 19.0 Å². The Morgan fingerprint density at radius 3 is 2.47 bits per heavy atom. The standard InChI is InChI=1S/C24H19ClN2O3/c25-18-7-3-1-5-16(18)24-27-20(17-6-2-4-8-21(17)30-24)14-19(26-27)15-9-10-22-23(13-15)29-12-11-28-22/h1-10,13,20,24H,11-12,14H2/t20-,24+/m1/s1. The van der Waals surface area contributed by atoms with Gasteiger partial charge < -0.3 is 14.2 Å². The topological polar surface area (TPSA) is 43.3 Å². The summed E-state index contributed by atoms with van der Waals surface area (Å²) in [5, 5.41) is 7.70. The molecule has 3 aromatic carbocycles. The molecule has 30 heavy (non-hydrogen) atoms. The van der Waals surface area contributed by atoms with E-state index < -0.39 is 0 Å². The summed E-state index contributed by atoms with van der Waals surface area (Å²) in [6.07, 6.45) is 0.398. The molecule has 0 saturated carbocycles. The molecule has 3 aliphatic heterocycles. The monoisotopic (exact) mass is 418 g/mol. The van der Waals surface area contributed by atoms with Crippen molar-refractivity contribution in [2.45, 2.75) is 18.7 Å². The van der Waals surface area contributed by atoms with Crippen LogP contribution in [0.3, 0.4) is 0 Å². The third-order valence-electron chi connectivity index (χ3n) is 5.75. The van der Waals surface area contributed by atoms with Gasteiger partial charge in [-0.3, -0.25) is 0 Å². The van der Waals surface area contributed by atoms with Crippen molar-refractivity contribution in [3.8, 4) is 17.2 Å². The number of para-hydroxylation sites is 1. The van der Waals surface area contributed by atoms with Gasteiger partial charge in [-0.2, -0.15) is 5.10 Å². The summed E-state index contributed by atoms with van der Waals surface area (Å²) in [6.45, 7) is 1.14. The number of ether oxygens (including phenoxy) is 3. The van der Waals surface area contributed by atoms with Gasteiger partial charge in [0, 0.05) is 28.1 Å². The molecule has 2 atom stereocenters. The molecule has 0 fully saturated rings. The Kier molecular flexibility index (Phi) is 4.09. The molecule has 0 N–H and O–H groups in total. The van der Waals surface area contributed by atoms with E-state index in [0.717, 1.165) is 46.1 Å². The molecule has 0 saturated heterocycles. The largest absolute Gasteiger partial charge is 0.486 e. The van der Waals surface area contributed by atoms with E-state index >= 15 is 0 Å². The smallest absolute Gasteiger partial charge is 0.215 e. The van der Waals surface area contributed by atoms with Crippen molar-refractivity contribution in [3.63, 3.8) is 0 Å². The van der Waals surface area contributed by atoms with E-state index in [-0.39, 0.29) is 12.3 Å². The Bertz CT molecular complexity index is 1160. The molecule has 0 aliphatic carbocycles. The molecule has 6 rings (SSSR count). The van der Waals surface area contributed by atoms with Gasteiger partial charge in [-0.1, -0.05) is 48.0 Å². The van der Waals surface area contributed by atoms with Crippen LogP contribution in [-0.2, 0) is 0 Å². The molecular weight excluding hydrogens is 400 g/mol. The summed E-state index contributed by atoms with van der Waals surface area (Å²) >= 11 is 6.52. The molecule has 6 heteroatoms. The number of hydrogen-bond acceptors (Lipinski definition) is 5. The minimum atomic E-state index is -0.381. The van der Waals surface area contributed by atoms with Gasteiger partial charge in [0.2, 0.25) is 6.23 Å². The van der Waals surface area contributed by atoms with E-state index in [2.05, 4.69) is 6.07 Å². The molecule has 150 valence electrons. The van der Waals surface area contributed by atoms with E-state index in [1.165, 1.54) is 0 Å². The fraction of sp³-hybridized carbons (Fsp3) is 0.208. The van der Waals surface area contributed by atoms with Crippen LogP contribution in [0.5, 0.6) is 17.2 Å².